The molecular weight excluding hydrogens is 234 g/mol. The minimum Gasteiger partial charge on any atom is -0.393 e. The van der Waals surface area contributed by atoms with Crippen LogP contribution in [-0.2, 0) is 0 Å². The van der Waals surface area contributed by atoms with Crippen molar-refractivity contribution in [3.8, 4) is 0 Å². The van der Waals surface area contributed by atoms with E-state index in [1.54, 1.807) is 6.20 Å². The summed E-state index contributed by atoms with van der Waals surface area (Å²) >= 11 is 4.86. The second-order valence-corrected chi connectivity index (χ2v) is 4.99. The predicted molar refractivity (Wildman–Crippen MR) is 72.1 cm³/mol. The van der Waals surface area contributed by atoms with Crippen LogP contribution in [0.2, 0.25) is 0 Å². The highest BCUT2D eigenvalue weighted by Crippen LogP contribution is 2.22. The molecule has 1 saturated heterocycles. The predicted octanol–water partition coefficient (Wildman–Crippen LogP) is 0.923. The lowest BCUT2D eigenvalue weighted by molar-refractivity contribution is 0.0971. The Morgan fingerprint density at radius 3 is 2.88 bits per heavy atom. The number of aliphatic hydroxyl groups excluding tert-OH is 1. The number of hydrogen-bond acceptors (Lipinski definition) is 4. The smallest absolute Gasteiger partial charge is 0.122 e. The number of anilines is 1. The fourth-order valence-electron chi connectivity index (χ4n) is 2.09. The molecule has 2 atom stereocenters. The van der Waals surface area contributed by atoms with Crippen molar-refractivity contribution in [3.63, 3.8) is 0 Å². The molecule has 4 nitrogen and oxygen atoms in total. The number of nitrogens with two attached hydrogens (primary N) is 1. The van der Waals surface area contributed by atoms with Crippen molar-refractivity contribution in [1.29, 1.82) is 0 Å². The van der Waals surface area contributed by atoms with E-state index >= 15 is 0 Å². The zero-order chi connectivity index (χ0) is 12.4. The van der Waals surface area contributed by atoms with Gasteiger partial charge in [0.05, 0.1) is 23.7 Å². The van der Waals surface area contributed by atoms with Gasteiger partial charge in [-0.3, -0.25) is 4.98 Å². The first-order valence-electron chi connectivity index (χ1n) is 5.77. The van der Waals surface area contributed by atoms with Crippen LogP contribution in [-0.4, -0.2) is 34.3 Å². The number of piperidine rings is 1. The molecule has 1 aliphatic heterocycles. The van der Waals surface area contributed by atoms with Crippen molar-refractivity contribution < 1.29 is 5.11 Å². The molecule has 1 fully saturated rings. The van der Waals surface area contributed by atoms with Crippen molar-refractivity contribution in [3.05, 3.63) is 24.0 Å². The van der Waals surface area contributed by atoms with Crippen LogP contribution in [0.25, 0.3) is 0 Å². The standard InChI is InChI=1S/C12H17N3OS/c1-8-7-15(5-4-11(8)16)9-2-3-10(12(13)17)14-6-9/h2-3,6,8,11,16H,4-5,7H2,1H3,(H2,13,17). The summed E-state index contributed by atoms with van der Waals surface area (Å²) in [7, 11) is 0. The second kappa shape index (κ2) is 4.98. The maximum absolute atomic E-state index is 9.68. The highest BCUT2D eigenvalue weighted by atomic mass is 32.1. The van der Waals surface area contributed by atoms with Crippen molar-refractivity contribution in [1.82, 2.24) is 4.98 Å². The van der Waals surface area contributed by atoms with E-state index in [0.717, 1.165) is 25.2 Å². The number of thiocarbonyl (C=S) groups is 1. The summed E-state index contributed by atoms with van der Waals surface area (Å²) in [6.45, 7) is 3.78. The lowest BCUT2D eigenvalue weighted by Crippen LogP contribution is -2.42. The molecular formula is C12H17N3OS. The molecule has 2 rings (SSSR count). The van der Waals surface area contributed by atoms with Gasteiger partial charge in [0.25, 0.3) is 0 Å². The van der Waals surface area contributed by atoms with Crippen LogP contribution in [0.4, 0.5) is 5.69 Å². The molecule has 17 heavy (non-hydrogen) atoms. The maximum atomic E-state index is 9.68. The highest BCUT2D eigenvalue weighted by Gasteiger charge is 2.24. The summed E-state index contributed by atoms with van der Waals surface area (Å²) in [5.41, 5.74) is 7.21. The van der Waals surface area contributed by atoms with E-state index < -0.39 is 0 Å². The van der Waals surface area contributed by atoms with E-state index in [0.29, 0.717) is 16.6 Å². The topological polar surface area (TPSA) is 62.4 Å². The molecule has 0 saturated carbocycles. The second-order valence-electron chi connectivity index (χ2n) is 4.55. The molecule has 0 radical (unpaired) electrons. The third-order valence-electron chi connectivity index (χ3n) is 3.23. The van der Waals surface area contributed by atoms with Gasteiger partial charge in [-0.2, -0.15) is 0 Å². The van der Waals surface area contributed by atoms with Crippen LogP contribution >= 0.6 is 12.2 Å². The maximum Gasteiger partial charge on any atom is 0.122 e. The summed E-state index contributed by atoms with van der Waals surface area (Å²) in [5, 5.41) is 9.68. The Hall–Kier alpha value is -1.20. The molecule has 1 aromatic heterocycles. The van der Waals surface area contributed by atoms with Crippen LogP contribution < -0.4 is 10.6 Å². The molecule has 0 amide bonds. The average Bonchev–Trinajstić information content (AvgIpc) is 2.33. The van der Waals surface area contributed by atoms with Gasteiger partial charge in [0.1, 0.15) is 4.99 Å². The minimum atomic E-state index is -0.185. The zero-order valence-electron chi connectivity index (χ0n) is 9.84. The molecule has 0 aromatic carbocycles. The van der Waals surface area contributed by atoms with Crippen LogP contribution in [0.1, 0.15) is 19.0 Å². The van der Waals surface area contributed by atoms with E-state index in [9.17, 15) is 5.11 Å². The summed E-state index contributed by atoms with van der Waals surface area (Å²) in [4.78, 5) is 6.78. The molecule has 1 aliphatic rings. The Labute approximate surface area is 106 Å². The number of hydrogen-bond donors (Lipinski definition) is 2. The normalized spacial score (nSPS) is 24.7. The van der Waals surface area contributed by atoms with Crippen LogP contribution in [0, 0.1) is 5.92 Å². The van der Waals surface area contributed by atoms with Gasteiger partial charge < -0.3 is 15.7 Å². The fourth-order valence-corrected chi connectivity index (χ4v) is 2.21. The average molecular weight is 251 g/mol. The third-order valence-corrected chi connectivity index (χ3v) is 3.43. The van der Waals surface area contributed by atoms with Crippen LogP contribution in [0.3, 0.4) is 0 Å². The van der Waals surface area contributed by atoms with E-state index in [1.165, 1.54) is 0 Å². The number of aliphatic hydroxyl groups is 1. The quantitative estimate of drug-likeness (QED) is 0.765. The number of rotatable bonds is 2. The zero-order valence-corrected chi connectivity index (χ0v) is 10.7. The van der Waals surface area contributed by atoms with Crippen molar-refractivity contribution in [2.45, 2.75) is 19.4 Å². The monoisotopic (exact) mass is 251 g/mol. The minimum absolute atomic E-state index is 0.185. The van der Waals surface area contributed by atoms with Gasteiger partial charge in [0.2, 0.25) is 0 Å². The van der Waals surface area contributed by atoms with E-state index in [2.05, 4.69) is 16.8 Å². The fraction of sp³-hybridized carbons (Fsp3) is 0.500. The Kier molecular flexibility index (Phi) is 3.59. The van der Waals surface area contributed by atoms with E-state index in [-0.39, 0.29) is 6.10 Å². The van der Waals surface area contributed by atoms with Gasteiger partial charge in [0, 0.05) is 13.1 Å². The molecule has 0 bridgehead atoms. The first-order valence-corrected chi connectivity index (χ1v) is 6.17. The van der Waals surface area contributed by atoms with E-state index in [4.69, 9.17) is 18.0 Å². The van der Waals surface area contributed by atoms with Crippen LogP contribution in [0.15, 0.2) is 18.3 Å². The van der Waals surface area contributed by atoms with Gasteiger partial charge in [-0.15, -0.1) is 0 Å². The van der Waals surface area contributed by atoms with Gasteiger partial charge in [-0.25, -0.2) is 0 Å². The molecule has 0 aliphatic carbocycles. The number of aromatic nitrogens is 1. The summed E-state index contributed by atoms with van der Waals surface area (Å²) in [6, 6.07) is 3.82. The van der Waals surface area contributed by atoms with Crippen LogP contribution in [0.5, 0.6) is 0 Å². The largest absolute Gasteiger partial charge is 0.393 e. The van der Waals surface area contributed by atoms with Gasteiger partial charge in [-0.05, 0) is 24.5 Å². The van der Waals surface area contributed by atoms with Crippen molar-refractivity contribution in [2.75, 3.05) is 18.0 Å². The van der Waals surface area contributed by atoms with Gasteiger partial charge in [-0.1, -0.05) is 19.1 Å². The summed E-state index contributed by atoms with van der Waals surface area (Å²) in [6.07, 6.45) is 2.41. The Balaban J connectivity index is 2.10. The Bertz CT molecular complexity index is 407. The molecule has 0 spiro atoms. The summed E-state index contributed by atoms with van der Waals surface area (Å²) in [5.74, 6) is 0.291. The number of nitrogens with zero attached hydrogens (tertiary/aromatic N) is 2. The first-order chi connectivity index (χ1) is 8.08. The molecule has 2 heterocycles. The van der Waals surface area contributed by atoms with Crippen molar-refractivity contribution >= 4 is 22.9 Å². The van der Waals surface area contributed by atoms with Gasteiger partial charge in [0.15, 0.2) is 0 Å². The molecule has 1 aromatic rings. The lowest BCUT2D eigenvalue weighted by Gasteiger charge is -2.35. The summed E-state index contributed by atoms with van der Waals surface area (Å²) < 4.78 is 0. The molecule has 2 unspecified atom stereocenters. The molecule has 5 heteroatoms. The van der Waals surface area contributed by atoms with Crippen molar-refractivity contribution in [2.24, 2.45) is 11.7 Å². The lowest BCUT2D eigenvalue weighted by atomic mass is 9.96. The molecule has 3 N–H and O–H groups in total. The van der Waals surface area contributed by atoms with E-state index in [1.807, 2.05) is 12.1 Å². The Morgan fingerprint density at radius 2 is 2.35 bits per heavy atom. The first kappa shape index (κ1) is 12.3. The SMILES string of the molecule is CC1CN(c2ccc(C(N)=S)nc2)CCC1O. The highest BCUT2D eigenvalue weighted by molar-refractivity contribution is 7.80. The number of pyridine rings is 1. The van der Waals surface area contributed by atoms with Gasteiger partial charge >= 0.3 is 0 Å². The third kappa shape index (κ3) is 2.73. The Morgan fingerprint density at radius 1 is 1.59 bits per heavy atom. The molecule has 92 valence electrons.